The summed E-state index contributed by atoms with van der Waals surface area (Å²) in [7, 11) is -3.34. The lowest BCUT2D eigenvalue weighted by atomic mass is 9.95. The van der Waals surface area contributed by atoms with Crippen LogP contribution in [0.3, 0.4) is 0 Å². The molecule has 1 N–H and O–H groups in total. The molecule has 1 amide bonds. The molecule has 6 nitrogen and oxygen atoms in total. The average Bonchev–Trinajstić information content (AvgIpc) is 2.76. The molecule has 0 aliphatic carbocycles. The van der Waals surface area contributed by atoms with Gasteiger partial charge < -0.3 is 4.90 Å². The molecular formula is C16H27N3O3S2. The number of amides is 1. The number of nitrogens with zero attached hydrogens (tertiary/aromatic N) is 2. The van der Waals surface area contributed by atoms with Crippen molar-refractivity contribution in [3.8, 4) is 0 Å². The van der Waals surface area contributed by atoms with Crippen LogP contribution < -0.4 is 4.72 Å². The fourth-order valence-corrected chi connectivity index (χ4v) is 4.70. The highest BCUT2D eigenvalue weighted by Gasteiger charge is 2.29. The quantitative estimate of drug-likeness (QED) is 0.861. The number of hydrogen-bond acceptors (Lipinski definition) is 5. The Bertz CT molecular complexity index is 670. The van der Waals surface area contributed by atoms with E-state index in [9.17, 15) is 13.2 Å². The number of carbonyl (C=O) groups excluding carboxylic acids is 1. The van der Waals surface area contributed by atoms with E-state index in [4.69, 9.17) is 0 Å². The van der Waals surface area contributed by atoms with Crippen LogP contribution in [0, 0.1) is 11.8 Å². The molecule has 0 unspecified atom stereocenters. The first kappa shape index (κ1) is 19.2. The van der Waals surface area contributed by atoms with Gasteiger partial charge in [-0.15, -0.1) is 11.3 Å². The summed E-state index contributed by atoms with van der Waals surface area (Å²) in [6.07, 6.45) is 4.55. The van der Waals surface area contributed by atoms with Gasteiger partial charge in [0.05, 0.1) is 18.4 Å². The van der Waals surface area contributed by atoms with Crippen LogP contribution in [0.2, 0.25) is 0 Å². The van der Waals surface area contributed by atoms with Gasteiger partial charge in [-0.1, -0.05) is 20.8 Å². The largest absolute Gasteiger partial charge is 0.339 e. The van der Waals surface area contributed by atoms with Crippen molar-refractivity contribution < 1.29 is 13.2 Å². The molecule has 2 heterocycles. The van der Waals surface area contributed by atoms with Crippen LogP contribution in [0.5, 0.6) is 0 Å². The molecule has 0 spiro atoms. The fraction of sp³-hybridized carbons (Fsp3) is 0.750. The molecule has 1 aromatic heterocycles. The normalized spacial score (nSPS) is 22.5. The van der Waals surface area contributed by atoms with E-state index in [0.717, 1.165) is 32.1 Å². The van der Waals surface area contributed by atoms with Gasteiger partial charge in [-0.2, -0.15) is 0 Å². The number of likely N-dealkylation sites (tertiary alicyclic amines) is 1. The summed E-state index contributed by atoms with van der Waals surface area (Å²) < 4.78 is 24.8. The molecule has 2 rings (SSSR count). The lowest BCUT2D eigenvalue weighted by molar-refractivity contribution is -0.133. The number of carbonyl (C=O) groups is 1. The molecular weight excluding hydrogens is 346 g/mol. The van der Waals surface area contributed by atoms with Gasteiger partial charge in [0.25, 0.3) is 0 Å². The van der Waals surface area contributed by atoms with E-state index in [-0.39, 0.29) is 18.4 Å². The molecule has 136 valence electrons. The first-order valence-electron chi connectivity index (χ1n) is 8.37. The van der Waals surface area contributed by atoms with E-state index in [1.165, 1.54) is 11.3 Å². The van der Waals surface area contributed by atoms with Crippen LogP contribution in [0.4, 0.5) is 5.13 Å². The number of sulfonamides is 1. The van der Waals surface area contributed by atoms with Crippen molar-refractivity contribution in [1.29, 1.82) is 0 Å². The molecule has 1 saturated heterocycles. The number of anilines is 1. The highest BCUT2D eigenvalue weighted by Crippen LogP contribution is 2.27. The van der Waals surface area contributed by atoms with Crippen LogP contribution in [0.25, 0.3) is 0 Å². The third-order valence-electron chi connectivity index (χ3n) is 4.47. The minimum atomic E-state index is -3.34. The smallest absolute Gasteiger partial charge is 0.231 e. The summed E-state index contributed by atoms with van der Waals surface area (Å²) in [4.78, 5) is 19.0. The van der Waals surface area contributed by atoms with Gasteiger partial charge in [0.2, 0.25) is 15.9 Å². The molecule has 1 aromatic rings. The lowest BCUT2D eigenvalue weighted by Gasteiger charge is -2.33. The average molecular weight is 374 g/mol. The summed E-state index contributed by atoms with van der Waals surface area (Å²) in [5.74, 6) is 1.16. The topological polar surface area (TPSA) is 79.4 Å². The third-order valence-corrected chi connectivity index (χ3v) is 5.96. The van der Waals surface area contributed by atoms with E-state index >= 15 is 0 Å². The number of aromatic nitrogens is 1. The number of thiazole rings is 1. The molecule has 0 aromatic carbocycles. The van der Waals surface area contributed by atoms with E-state index in [1.54, 1.807) is 5.38 Å². The molecule has 24 heavy (non-hydrogen) atoms. The molecule has 1 fully saturated rings. The summed E-state index contributed by atoms with van der Waals surface area (Å²) in [5.41, 5.74) is 0.621. The number of nitrogens with one attached hydrogen (secondary N) is 1. The van der Waals surface area contributed by atoms with E-state index < -0.39 is 10.0 Å². The highest BCUT2D eigenvalue weighted by atomic mass is 32.2. The highest BCUT2D eigenvalue weighted by molar-refractivity contribution is 7.92. The Hall–Kier alpha value is -1.15. The van der Waals surface area contributed by atoms with Crippen LogP contribution in [-0.2, 0) is 21.2 Å². The summed E-state index contributed by atoms with van der Waals surface area (Å²) in [5, 5.41) is 2.06. The Morgan fingerprint density at radius 3 is 2.75 bits per heavy atom. The van der Waals surface area contributed by atoms with E-state index in [2.05, 4.69) is 30.5 Å². The predicted molar refractivity (Wildman–Crippen MR) is 97.6 cm³/mol. The van der Waals surface area contributed by atoms with Crippen molar-refractivity contribution in [2.24, 2.45) is 11.8 Å². The second-order valence-electron chi connectivity index (χ2n) is 7.06. The van der Waals surface area contributed by atoms with Crippen molar-refractivity contribution in [1.82, 2.24) is 9.88 Å². The molecule has 1 aliphatic rings. The minimum Gasteiger partial charge on any atom is -0.339 e. The summed E-state index contributed by atoms with van der Waals surface area (Å²) in [6, 6.07) is 0.273. The van der Waals surface area contributed by atoms with Gasteiger partial charge in [0.1, 0.15) is 0 Å². The van der Waals surface area contributed by atoms with Crippen molar-refractivity contribution in [3.63, 3.8) is 0 Å². The van der Waals surface area contributed by atoms with Crippen molar-refractivity contribution >= 4 is 32.4 Å². The maximum absolute atomic E-state index is 12.8. The molecule has 0 saturated carbocycles. The zero-order valence-corrected chi connectivity index (χ0v) is 16.4. The molecule has 8 heteroatoms. The Labute approximate surface area is 148 Å². The van der Waals surface area contributed by atoms with E-state index in [1.807, 2.05) is 4.90 Å². The van der Waals surface area contributed by atoms with Gasteiger partial charge in [-0.3, -0.25) is 9.52 Å². The van der Waals surface area contributed by atoms with Gasteiger partial charge >= 0.3 is 0 Å². The van der Waals surface area contributed by atoms with Crippen molar-refractivity contribution in [2.75, 3.05) is 17.5 Å². The second-order valence-corrected chi connectivity index (χ2v) is 9.67. The van der Waals surface area contributed by atoms with Gasteiger partial charge in [0, 0.05) is 18.0 Å². The zero-order valence-electron chi connectivity index (χ0n) is 14.8. The van der Waals surface area contributed by atoms with Crippen LogP contribution in [0.15, 0.2) is 5.38 Å². The Morgan fingerprint density at radius 1 is 1.42 bits per heavy atom. The molecule has 2 atom stereocenters. The standard InChI is InChI=1S/C16H27N3O3S2/c1-11(2)14-6-5-12(3)7-8-19(14)15(20)9-13-10-23-16(17-13)18-24(4,21)22/h10-12,14H,5-9H2,1-4H3,(H,17,18)/t12-,14+/m0/s1. The number of rotatable bonds is 5. The van der Waals surface area contributed by atoms with Gasteiger partial charge in [0.15, 0.2) is 5.13 Å². The Morgan fingerprint density at radius 2 is 2.12 bits per heavy atom. The Kier molecular flexibility index (Phi) is 6.25. The third kappa shape index (κ3) is 5.44. The minimum absolute atomic E-state index is 0.0824. The van der Waals surface area contributed by atoms with Crippen molar-refractivity contribution in [2.45, 2.75) is 52.5 Å². The van der Waals surface area contributed by atoms with Crippen LogP contribution in [0.1, 0.15) is 45.7 Å². The van der Waals surface area contributed by atoms with Crippen LogP contribution >= 0.6 is 11.3 Å². The van der Waals surface area contributed by atoms with E-state index in [0.29, 0.717) is 22.7 Å². The van der Waals surface area contributed by atoms with Gasteiger partial charge in [-0.25, -0.2) is 13.4 Å². The Balaban J connectivity index is 2.06. The van der Waals surface area contributed by atoms with Crippen LogP contribution in [-0.4, -0.2) is 43.1 Å². The maximum atomic E-state index is 12.8. The summed E-state index contributed by atoms with van der Waals surface area (Å²) in [6.45, 7) is 7.37. The first-order chi connectivity index (χ1) is 11.2. The molecule has 0 radical (unpaired) electrons. The zero-order chi connectivity index (χ0) is 17.9. The fourth-order valence-electron chi connectivity index (χ4n) is 3.13. The number of hydrogen-bond donors (Lipinski definition) is 1. The predicted octanol–water partition coefficient (Wildman–Crippen LogP) is 2.73. The first-order valence-corrected chi connectivity index (χ1v) is 11.1. The monoisotopic (exact) mass is 373 g/mol. The molecule has 1 aliphatic heterocycles. The van der Waals surface area contributed by atoms with Gasteiger partial charge in [-0.05, 0) is 31.1 Å². The second kappa shape index (κ2) is 7.82. The maximum Gasteiger partial charge on any atom is 0.231 e. The summed E-state index contributed by atoms with van der Waals surface area (Å²) >= 11 is 1.20. The molecule has 0 bridgehead atoms. The SMILES string of the molecule is CC(C)[C@H]1CC[C@H](C)CCN1C(=O)Cc1csc(NS(C)(=O)=O)n1. The van der Waals surface area contributed by atoms with Crippen molar-refractivity contribution in [3.05, 3.63) is 11.1 Å². The lowest BCUT2D eigenvalue weighted by Crippen LogP contribution is -2.43.